The van der Waals surface area contributed by atoms with Crippen molar-refractivity contribution in [2.45, 2.75) is 6.54 Å². The number of nitro groups is 1. The molecule has 0 saturated carbocycles. The highest BCUT2D eigenvalue weighted by Crippen LogP contribution is 2.34. The first-order valence-corrected chi connectivity index (χ1v) is 6.81. The van der Waals surface area contributed by atoms with Gasteiger partial charge in [0.25, 0.3) is 5.69 Å². The minimum absolute atomic E-state index is 0.0843. The predicted molar refractivity (Wildman–Crippen MR) is 82.4 cm³/mol. The highest BCUT2D eigenvalue weighted by Gasteiger charge is 2.12. The van der Waals surface area contributed by atoms with Gasteiger partial charge in [-0.1, -0.05) is 23.2 Å². The molecular formula is C14H12Cl2N2O3. The van der Waals surface area contributed by atoms with E-state index in [1.807, 2.05) is 7.05 Å². The number of halogens is 2. The maximum absolute atomic E-state index is 10.7. The fraction of sp³-hybridized carbons (Fsp3) is 0.143. The summed E-state index contributed by atoms with van der Waals surface area (Å²) in [4.78, 5) is 10.2. The smallest absolute Gasteiger partial charge is 0.271 e. The highest BCUT2D eigenvalue weighted by molar-refractivity contribution is 6.32. The van der Waals surface area contributed by atoms with Crippen molar-refractivity contribution in [3.63, 3.8) is 0 Å². The third kappa shape index (κ3) is 3.85. The number of nitrogens with zero attached hydrogens (tertiary/aromatic N) is 1. The average Bonchev–Trinajstić information content (AvgIpc) is 2.43. The Kier molecular flexibility index (Phi) is 5.01. The molecule has 0 aliphatic rings. The van der Waals surface area contributed by atoms with Gasteiger partial charge in [-0.25, -0.2) is 0 Å². The van der Waals surface area contributed by atoms with Gasteiger partial charge in [0.15, 0.2) is 0 Å². The summed E-state index contributed by atoms with van der Waals surface area (Å²) in [5.41, 5.74) is 0.776. The predicted octanol–water partition coefficient (Wildman–Crippen LogP) is 4.41. The summed E-state index contributed by atoms with van der Waals surface area (Å²) in [6.07, 6.45) is 0. The van der Waals surface area contributed by atoms with Crippen molar-refractivity contribution in [3.8, 4) is 11.5 Å². The lowest BCUT2D eigenvalue weighted by Crippen LogP contribution is -2.06. The summed E-state index contributed by atoms with van der Waals surface area (Å²) in [5.74, 6) is 0.937. The topological polar surface area (TPSA) is 64.4 Å². The zero-order valence-corrected chi connectivity index (χ0v) is 12.6. The molecule has 0 aromatic heterocycles. The monoisotopic (exact) mass is 326 g/mol. The number of hydrogen-bond donors (Lipinski definition) is 1. The molecule has 1 N–H and O–H groups in total. The summed E-state index contributed by atoms with van der Waals surface area (Å²) < 4.78 is 5.73. The van der Waals surface area contributed by atoms with Gasteiger partial charge in [0.05, 0.1) is 9.95 Å². The van der Waals surface area contributed by atoms with Gasteiger partial charge in [0.1, 0.15) is 11.5 Å². The van der Waals surface area contributed by atoms with E-state index in [1.165, 1.54) is 18.2 Å². The third-order valence-electron chi connectivity index (χ3n) is 2.74. The van der Waals surface area contributed by atoms with E-state index in [1.54, 1.807) is 18.2 Å². The molecule has 0 atom stereocenters. The van der Waals surface area contributed by atoms with Crippen molar-refractivity contribution in [3.05, 3.63) is 62.1 Å². The lowest BCUT2D eigenvalue weighted by molar-refractivity contribution is -0.384. The number of nitro benzene ring substituents is 1. The summed E-state index contributed by atoms with van der Waals surface area (Å²) >= 11 is 12.0. The Hall–Kier alpha value is -1.82. The van der Waals surface area contributed by atoms with Crippen LogP contribution in [0.2, 0.25) is 10.0 Å². The standard InChI is InChI=1S/C14H12Cl2N2O3/c1-17-8-9-6-10(15)2-4-13(9)21-14-5-3-11(18(19)20)7-12(14)16/h2-7,17H,8H2,1H3. The normalized spacial score (nSPS) is 10.4. The van der Waals surface area contributed by atoms with Gasteiger partial charge in [-0.05, 0) is 31.3 Å². The van der Waals surface area contributed by atoms with Crippen LogP contribution in [0.1, 0.15) is 5.56 Å². The second-order valence-electron chi connectivity index (χ2n) is 4.26. The Bertz CT molecular complexity index is 677. The Morgan fingerprint density at radius 3 is 2.52 bits per heavy atom. The summed E-state index contributed by atoms with van der Waals surface area (Å²) in [6, 6.07) is 9.28. The van der Waals surface area contributed by atoms with Gasteiger partial charge in [0, 0.05) is 29.3 Å². The molecule has 0 aliphatic heterocycles. The van der Waals surface area contributed by atoms with E-state index in [-0.39, 0.29) is 10.7 Å². The molecule has 0 bridgehead atoms. The van der Waals surface area contributed by atoms with Gasteiger partial charge < -0.3 is 10.1 Å². The number of nitrogens with one attached hydrogen (secondary N) is 1. The second-order valence-corrected chi connectivity index (χ2v) is 5.10. The van der Waals surface area contributed by atoms with Crippen molar-refractivity contribution in [2.24, 2.45) is 0 Å². The molecule has 0 saturated heterocycles. The van der Waals surface area contributed by atoms with E-state index in [2.05, 4.69) is 5.32 Å². The van der Waals surface area contributed by atoms with Gasteiger partial charge in [-0.2, -0.15) is 0 Å². The van der Waals surface area contributed by atoms with Crippen LogP contribution >= 0.6 is 23.2 Å². The number of benzene rings is 2. The van der Waals surface area contributed by atoms with Crippen molar-refractivity contribution in [1.29, 1.82) is 0 Å². The average molecular weight is 327 g/mol. The maximum atomic E-state index is 10.7. The zero-order chi connectivity index (χ0) is 15.4. The fourth-order valence-electron chi connectivity index (χ4n) is 1.78. The molecule has 2 rings (SSSR count). The van der Waals surface area contributed by atoms with Crippen LogP contribution in [0.3, 0.4) is 0 Å². The van der Waals surface area contributed by atoms with Crippen molar-refractivity contribution in [1.82, 2.24) is 5.32 Å². The molecule has 2 aromatic rings. The molecule has 0 radical (unpaired) electrons. The van der Waals surface area contributed by atoms with Crippen LogP contribution < -0.4 is 10.1 Å². The molecular weight excluding hydrogens is 315 g/mol. The van der Waals surface area contributed by atoms with Crippen molar-refractivity contribution in [2.75, 3.05) is 7.05 Å². The lowest BCUT2D eigenvalue weighted by Gasteiger charge is -2.12. The van der Waals surface area contributed by atoms with Crippen LogP contribution in [0.4, 0.5) is 5.69 Å². The largest absolute Gasteiger partial charge is 0.455 e. The summed E-state index contributed by atoms with van der Waals surface area (Å²) in [7, 11) is 1.81. The summed E-state index contributed by atoms with van der Waals surface area (Å²) in [6.45, 7) is 0.570. The van der Waals surface area contributed by atoms with E-state index in [0.29, 0.717) is 23.1 Å². The van der Waals surface area contributed by atoms with E-state index < -0.39 is 4.92 Å². The van der Waals surface area contributed by atoms with Gasteiger partial charge >= 0.3 is 0 Å². The third-order valence-corrected chi connectivity index (χ3v) is 3.27. The molecule has 0 unspecified atom stereocenters. The minimum Gasteiger partial charge on any atom is -0.455 e. The minimum atomic E-state index is -0.510. The molecule has 0 fully saturated rings. The Morgan fingerprint density at radius 1 is 1.19 bits per heavy atom. The summed E-state index contributed by atoms with van der Waals surface area (Å²) in [5, 5.41) is 14.5. The molecule has 0 spiro atoms. The second kappa shape index (κ2) is 6.76. The lowest BCUT2D eigenvalue weighted by atomic mass is 10.2. The van der Waals surface area contributed by atoms with Crippen molar-refractivity contribution < 1.29 is 9.66 Å². The number of rotatable bonds is 5. The van der Waals surface area contributed by atoms with E-state index in [4.69, 9.17) is 27.9 Å². The first kappa shape index (κ1) is 15.6. The maximum Gasteiger partial charge on any atom is 0.271 e. The van der Waals surface area contributed by atoms with Crippen LogP contribution in [0.15, 0.2) is 36.4 Å². The van der Waals surface area contributed by atoms with E-state index in [9.17, 15) is 10.1 Å². The molecule has 0 aliphatic carbocycles. The van der Waals surface area contributed by atoms with Crippen LogP contribution in [0.5, 0.6) is 11.5 Å². The van der Waals surface area contributed by atoms with Gasteiger partial charge in [-0.3, -0.25) is 10.1 Å². The van der Waals surface area contributed by atoms with Crippen LogP contribution in [0, 0.1) is 10.1 Å². The van der Waals surface area contributed by atoms with Crippen molar-refractivity contribution >= 4 is 28.9 Å². The van der Waals surface area contributed by atoms with Gasteiger partial charge in [-0.15, -0.1) is 0 Å². The van der Waals surface area contributed by atoms with E-state index in [0.717, 1.165) is 5.56 Å². The quantitative estimate of drug-likeness (QED) is 0.652. The molecule has 2 aromatic carbocycles. The van der Waals surface area contributed by atoms with Crippen LogP contribution in [0.25, 0.3) is 0 Å². The SMILES string of the molecule is CNCc1cc(Cl)ccc1Oc1ccc([N+](=O)[O-])cc1Cl. The molecule has 0 amide bonds. The van der Waals surface area contributed by atoms with E-state index >= 15 is 0 Å². The van der Waals surface area contributed by atoms with Crippen LogP contribution in [-0.4, -0.2) is 12.0 Å². The molecule has 5 nitrogen and oxygen atoms in total. The highest BCUT2D eigenvalue weighted by atomic mass is 35.5. The molecule has 110 valence electrons. The Balaban J connectivity index is 2.32. The first-order valence-electron chi connectivity index (χ1n) is 6.06. The number of hydrogen-bond acceptors (Lipinski definition) is 4. The number of non-ortho nitro benzene ring substituents is 1. The zero-order valence-electron chi connectivity index (χ0n) is 11.1. The van der Waals surface area contributed by atoms with Crippen LogP contribution in [-0.2, 0) is 6.54 Å². The van der Waals surface area contributed by atoms with Gasteiger partial charge in [0.2, 0.25) is 0 Å². The number of ether oxygens (including phenoxy) is 1. The fourth-order valence-corrected chi connectivity index (χ4v) is 2.19. The first-order chi connectivity index (χ1) is 10.0. The Morgan fingerprint density at radius 2 is 1.90 bits per heavy atom. The molecule has 0 heterocycles. The molecule has 7 heteroatoms. The molecule has 21 heavy (non-hydrogen) atoms. The Labute approximate surface area is 131 Å².